The molecule has 0 bridgehead atoms. The van der Waals surface area contributed by atoms with E-state index in [1.807, 2.05) is 0 Å². The predicted octanol–water partition coefficient (Wildman–Crippen LogP) is 0.764. The van der Waals surface area contributed by atoms with E-state index in [-0.39, 0.29) is 0 Å². The first-order valence-corrected chi connectivity index (χ1v) is 5.50. The summed E-state index contributed by atoms with van der Waals surface area (Å²) >= 11 is 0. The van der Waals surface area contributed by atoms with Crippen molar-refractivity contribution < 1.29 is 0 Å². The maximum atomic E-state index is 4.18. The van der Waals surface area contributed by atoms with Crippen LogP contribution in [0.15, 0.2) is 12.7 Å². The van der Waals surface area contributed by atoms with Crippen molar-refractivity contribution in [2.45, 2.75) is 13.3 Å². The fourth-order valence-electron chi connectivity index (χ4n) is 1.47. The van der Waals surface area contributed by atoms with Gasteiger partial charge in [-0.15, -0.1) is 0 Å². The lowest BCUT2D eigenvalue weighted by Crippen LogP contribution is -2.23. The van der Waals surface area contributed by atoms with Gasteiger partial charge in [-0.2, -0.15) is 0 Å². The molecule has 0 aliphatic carbocycles. The number of hydrogen-bond acceptors (Lipinski definition) is 5. The molecule has 0 aliphatic rings. The van der Waals surface area contributed by atoms with Crippen LogP contribution in [-0.2, 0) is 0 Å². The highest BCUT2D eigenvalue weighted by atomic mass is 15.1. The summed E-state index contributed by atoms with van der Waals surface area (Å²) in [7, 11) is 0. The van der Waals surface area contributed by atoms with Crippen LogP contribution in [0, 0.1) is 0 Å². The van der Waals surface area contributed by atoms with Crippen molar-refractivity contribution in [2.24, 2.45) is 0 Å². The Morgan fingerprint density at radius 2 is 2.12 bits per heavy atom. The average Bonchev–Trinajstić information content (AvgIpc) is 2.77. The van der Waals surface area contributed by atoms with Crippen LogP contribution in [0.1, 0.15) is 13.3 Å². The summed E-state index contributed by atoms with van der Waals surface area (Å²) in [6, 6.07) is 0. The lowest BCUT2D eigenvalue weighted by atomic mass is 10.4. The second kappa shape index (κ2) is 5.41. The lowest BCUT2D eigenvalue weighted by Gasteiger charge is -2.06. The van der Waals surface area contributed by atoms with Crippen LogP contribution in [0.4, 0.5) is 5.82 Å². The van der Waals surface area contributed by atoms with Gasteiger partial charge in [0, 0.05) is 13.1 Å². The third kappa shape index (κ3) is 2.46. The quantitative estimate of drug-likeness (QED) is 0.626. The van der Waals surface area contributed by atoms with Crippen molar-refractivity contribution in [3.8, 4) is 0 Å². The zero-order valence-electron chi connectivity index (χ0n) is 9.32. The molecule has 0 aliphatic heterocycles. The number of fused-ring (bicyclic) bond motifs is 1. The molecule has 0 fully saturated rings. The van der Waals surface area contributed by atoms with E-state index in [1.54, 1.807) is 6.33 Å². The number of H-pyrrole nitrogens is 1. The molecule has 0 saturated heterocycles. The van der Waals surface area contributed by atoms with E-state index in [1.165, 1.54) is 6.33 Å². The summed E-state index contributed by atoms with van der Waals surface area (Å²) in [5, 5.41) is 6.56. The van der Waals surface area contributed by atoms with Gasteiger partial charge in [0.05, 0.1) is 6.33 Å². The summed E-state index contributed by atoms with van der Waals surface area (Å²) in [4.78, 5) is 15.3. The van der Waals surface area contributed by atoms with Gasteiger partial charge in [0.2, 0.25) is 0 Å². The van der Waals surface area contributed by atoms with Gasteiger partial charge in [0.1, 0.15) is 11.8 Å². The fraction of sp³-hybridized carbons (Fsp3) is 0.500. The summed E-state index contributed by atoms with van der Waals surface area (Å²) in [6.45, 7) is 4.96. The third-order valence-corrected chi connectivity index (χ3v) is 2.24. The van der Waals surface area contributed by atoms with Crippen LogP contribution in [-0.4, -0.2) is 39.6 Å². The molecule has 0 amide bonds. The van der Waals surface area contributed by atoms with E-state index >= 15 is 0 Å². The Hall–Kier alpha value is -1.69. The van der Waals surface area contributed by atoms with Crippen LogP contribution in [0.2, 0.25) is 0 Å². The van der Waals surface area contributed by atoms with E-state index < -0.39 is 0 Å². The number of aromatic amines is 1. The van der Waals surface area contributed by atoms with E-state index in [9.17, 15) is 0 Å². The minimum Gasteiger partial charge on any atom is -0.367 e. The van der Waals surface area contributed by atoms with Crippen LogP contribution in [0.25, 0.3) is 11.2 Å². The Balaban J connectivity index is 1.91. The molecule has 3 N–H and O–H groups in total. The Bertz CT molecular complexity index is 438. The van der Waals surface area contributed by atoms with Gasteiger partial charge >= 0.3 is 0 Å². The molecule has 0 spiro atoms. The van der Waals surface area contributed by atoms with Crippen LogP contribution >= 0.6 is 0 Å². The molecule has 2 heterocycles. The number of nitrogens with one attached hydrogen (secondary N) is 3. The normalized spacial score (nSPS) is 10.8. The zero-order chi connectivity index (χ0) is 11.2. The molecule has 0 saturated carbocycles. The van der Waals surface area contributed by atoms with Gasteiger partial charge in [-0.3, -0.25) is 0 Å². The van der Waals surface area contributed by atoms with E-state index in [4.69, 9.17) is 0 Å². The molecule has 2 aromatic heterocycles. The molecule has 16 heavy (non-hydrogen) atoms. The largest absolute Gasteiger partial charge is 0.367 e. The average molecular weight is 220 g/mol. The van der Waals surface area contributed by atoms with Crippen molar-refractivity contribution in [3.63, 3.8) is 0 Å². The number of aromatic nitrogens is 4. The Kier molecular flexibility index (Phi) is 3.66. The number of rotatable bonds is 6. The Morgan fingerprint density at radius 1 is 1.19 bits per heavy atom. The van der Waals surface area contributed by atoms with Crippen molar-refractivity contribution in [3.05, 3.63) is 12.7 Å². The van der Waals surface area contributed by atoms with Crippen molar-refractivity contribution in [1.29, 1.82) is 0 Å². The molecule has 86 valence electrons. The maximum Gasteiger partial charge on any atom is 0.182 e. The number of anilines is 1. The molecule has 2 aromatic rings. The van der Waals surface area contributed by atoms with Gasteiger partial charge in [-0.05, 0) is 13.0 Å². The van der Waals surface area contributed by atoms with Crippen molar-refractivity contribution in [2.75, 3.05) is 25.0 Å². The van der Waals surface area contributed by atoms with Gasteiger partial charge < -0.3 is 15.6 Å². The van der Waals surface area contributed by atoms with Crippen LogP contribution in [0.3, 0.4) is 0 Å². The van der Waals surface area contributed by atoms with Gasteiger partial charge in [-0.25, -0.2) is 15.0 Å². The molecular formula is C10H16N6. The Morgan fingerprint density at radius 3 is 3.00 bits per heavy atom. The van der Waals surface area contributed by atoms with Gasteiger partial charge in [-0.1, -0.05) is 6.92 Å². The van der Waals surface area contributed by atoms with Gasteiger partial charge in [0.25, 0.3) is 0 Å². The number of imidazole rings is 1. The fourth-order valence-corrected chi connectivity index (χ4v) is 1.47. The topological polar surface area (TPSA) is 78.5 Å². The molecule has 2 rings (SSSR count). The van der Waals surface area contributed by atoms with Crippen LogP contribution in [0.5, 0.6) is 0 Å². The molecule has 0 aromatic carbocycles. The zero-order valence-corrected chi connectivity index (χ0v) is 9.32. The van der Waals surface area contributed by atoms with E-state index in [2.05, 4.69) is 37.5 Å². The molecular weight excluding hydrogens is 204 g/mol. The summed E-state index contributed by atoms with van der Waals surface area (Å²) in [6.07, 6.45) is 4.29. The molecule has 0 atom stereocenters. The van der Waals surface area contributed by atoms with E-state index in [0.29, 0.717) is 5.65 Å². The standard InChI is InChI=1S/C10H16N6/c1-2-3-11-4-5-12-9-8-10(14-6-13-8)16-7-15-9/h6-7,11H,2-5H2,1H3,(H2,12,13,14,15,16). The van der Waals surface area contributed by atoms with Crippen molar-refractivity contribution in [1.82, 2.24) is 25.3 Å². The lowest BCUT2D eigenvalue weighted by molar-refractivity contribution is 0.687. The molecule has 0 unspecified atom stereocenters. The second-order valence-electron chi connectivity index (χ2n) is 3.50. The van der Waals surface area contributed by atoms with Gasteiger partial charge in [0.15, 0.2) is 11.5 Å². The third-order valence-electron chi connectivity index (χ3n) is 2.24. The highest BCUT2D eigenvalue weighted by Gasteiger charge is 2.03. The molecule has 6 nitrogen and oxygen atoms in total. The molecule has 0 radical (unpaired) electrons. The van der Waals surface area contributed by atoms with Crippen LogP contribution < -0.4 is 10.6 Å². The second-order valence-corrected chi connectivity index (χ2v) is 3.50. The molecule has 6 heteroatoms. The summed E-state index contributed by atoms with van der Waals surface area (Å²) in [5.41, 5.74) is 1.55. The Labute approximate surface area is 93.9 Å². The highest BCUT2D eigenvalue weighted by molar-refractivity contribution is 5.81. The SMILES string of the molecule is CCCNCCNc1ncnc2nc[nH]c12. The minimum atomic E-state index is 0.694. The smallest absolute Gasteiger partial charge is 0.182 e. The highest BCUT2D eigenvalue weighted by Crippen LogP contribution is 2.13. The number of hydrogen-bond donors (Lipinski definition) is 3. The van der Waals surface area contributed by atoms with E-state index in [0.717, 1.165) is 37.4 Å². The number of nitrogens with zero attached hydrogens (tertiary/aromatic N) is 3. The minimum absolute atomic E-state index is 0.694. The monoisotopic (exact) mass is 220 g/mol. The first kappa shape index (κ1) is 10.8. The summed E-state index contributed by atoms with van der Waals surface area (Å²) < 4.78 is 0. The maximum absolute atomic E-state index is 4.18. The van der Waals surface area contributed by atoms with Crippen molar-refractivity contribution >= 4 is 17.0 Å². The summed E-state index contributed by atoms with van der Waals surface area (Å²) in [5.74, 6) is 0.806. The predicted molar refractivity (Wildman–Crippen MR) is 63.3 cm³/mol. The first-order valence-electron chi connectivity index (χ1n) is 5.50. The first-order chi connectivity index (χ1) is 7.92.